The van der Waals surface area contributed by atoms with Crippen LogP contribution in [0.2, 0.25) is 0 Å². The van der Waals surface area contributed by atoms with Crippen LogP contribution in [0.4, 0.5) is 0 Å². The summed E-state index contributed by atoms with van der Waals surface area (Å²) in [6.07, 6.45) is 0.806. The van der Waals surface area contributed by atoms with E-state index in [9.17, 15) is 9.59 Å². The van der Waals surface area contributed by atoms with Crippen LogP contribution in [0, 0.1) is 0 Å². The van der Waals surface area contributed by atoms with Crippen molar-refractivity contribution in [3.05, 3.63) is 48.0 Å². The molecule has 25 heavy (non-hydrogen) atoms. The summed E-state index contributed by atoms with van der Waals surface area (Å²) < 4.78 is 0. The van der Waals surface area contributed by atoms with Gasteiger partial charge in [-0.05, 0) is 42.3 Å². The number of aliphatic carboxylic acids is 1. The number of hydrogen-bond donors (Lipinski definition) is 2. The van der Waals surface area contributed by atoms with Crippen LogP contribution in [0.1, 0.15) is 31.9 Å². The van der Waals surface area contributed by atoms with Crippen LogP contribution in [0.15, 0.2) is 42.5 Å². The Morgan fingerprint density at radius 3 is 2.44 bits per heavy atom. The lowest BCUT2D eigenvalue weighted by atomic mass is 10.0. The molecule has 2 aromatic carbocycles. The monoisotopic (exact) mass is 364 g/mol. The first kappa shape index (κ1) is 20.9. The molecule has 136 valence electrons. The van der Waals surface area contributed by atoms with E-state index in [2.05, 4.69) is 17.4 Å². The molecule has 0 aromatic heterocycles. The number of hydrogen-bond acceptors (Lipinski definition) is 3. The van der Waals surface area contributed by atoms with Gasteiger partial charge in [-0.3, -0.25) is 14.5 Å². The molecule has 0 aliphatic rings. The summed E-state index contributed by atoms with van der Waals surface area (Å²) >= 11 is 0. The highest BCUT2D eigenvalue weighted by atomic mass is 35.5. The van der Waals surface area contributed by atoms with Crippen LogP contribution in [-0.2, 0) is 9.59 Å². The minimum atomic E-state index is -0.918. The molecule has 1 atom stereocenters. The van der Waals surface area contributed by atoms with Gasteiger partial charge in [0, 0.05) is 0 Å². The smallest absolute Gasteiger partial charge is 0.317 e. The van der Waals surface area contributed by atoms with Crippen molar-refractivity contribution < 1.29 is 14.7 Å². The van der Waals surface area contributed by atoms with E-state index in [1.165, 1.54) is 0 Å². The number of nitrogens with one attached hydrogen (secondary N) is 1. The Hall–Kier alpha value is -2.11. The zero-order chi connectivity index (χ0) is 17.5. The molecule has 1 unspecified atom stereocenters. The molecule has 2 N–H and O–H groups in total. The average Bonchev–Trinajstić information content (AvgIpc) is 2.53. The SMILES string of the molecule is CCCN(CC(=O)O)CC(=O)NC(C)c1ccc2ccccc2c1.Cl. The van der Waals surface area contributed by atoms with Gasteiger partial charge in [0.2, 0.25) is 5.91 Å². The van der Waals surface area contributed by atoms with Crippen molar-refractivity contribution in [2.75, 3.05) is 19.6 Å². The summed E-state index contributed by atoms with van der Waals surface area (Å²) in [5, 5.41) is 14.2. The van der Waals surface area contributed by atoms with Gasteiger partial charge in [-0.15, -0.1) is 12.4 Å². The van der Waals surface area contributed by atoms with Crippen molar-refractivity contribution in [3.63, 3.8) is 0 Å². The molecule has 2 rings (SSSR count). The molecule has 1 amide bonds. The highest BCUT2D eigenvalue weighted by molar-refractivity contribution is 5.85. The molecule has 6 heteroatoms. The molecule has 0 spiro atoms. The third-order valence-corrected chi connectivity index (χ3v) is 3.92. The highest BCUT2D eigenvalue weighted by Crippen LogP contribution is 2.20. The Kier molecular flexibility index (Phi) is 8.38. The molecule has 0 bridgehead atoms. The number of halogens is 1. The van der Waals surface area contributed by atoms with Crippen molar-refractivity contribution in [1.82, 2.24) is 10.2 Å². The number of rotatable bonds is 8. The summed E-state index contributed by atoms with van der Waals surface area (Å²) in [5.74, 6) is -1.08. The first-order chi connectivity index (χ1) is 11.5. The minimum absolute atomic E-state index is 0. The maximum Gasteiger partial charge on any atom is 0.317 e. The van der Waals surface area contributed by atoms with E-state index < -0.39 is 5.97 Å². The largest absolute Gasteiger partial charge is 0.480 e. The van der Waals surface area contributed by atoms with Crippen molar-refractivity contribution in [1.29, 1.82) is 0 Å². The Morgan fingerprint density at radius 2 is 1.80 bits per heavy atom. The van der Waals surface area contributed by atoms with Gasteiger partial charge in [0.25, 0.3) is 0 Å². The van der Waals surface area contributed by atoms with Gasteiger partial charge >= 0.3 is 5.97 Å². The fraction of sp³-hybridized carbons (Fsp3) is 0.368. The second-order valence-electron chi connectivity index (χ2n) is 6.00. The second-order valence-corrected chi connectivity index (χ2v) is 6.00. The Balaban J connectivity index is 0.00000312. The summed E-state index contributed by atoms with van der Waals surface area (Å²) in [7, 11) is 0. The first-order valence-corrected chi connectivity index (χ1v) is 8.21. The van der Waals surface area contributed by atoms with Crippen LogP contribution in [-0.4, -0.2) is 41.5 Å². The van der Waals surface area contributed by atoms with E-state index >= 15 is 0 Å². The normalized spacial score (nSPS) is 11.8. The molecule has 0 aliphatic heterocycles. The maximum atomic E-state index is 12.2. The average molecular weight is 365 g/mol. The molecule has 0 heterocycles. The summed E-state index contributed by atoms with van der Waals surface area (Å²) in [4.78, 5) is 24.7. The lowest BCUT2D eigenvalue weighted by molar-refractivity contribution is -0.138. The fourth-order valence-corrected chi connectivity index (χ4v) is 2.77. The topological polar surface area (TPSA) is 69.6 Å². The molecule has 0 saturated carbocycles. The van der Waals surface area contributed by atoms with E-state index in [0.29, 0.717) is 6.54 Å². The van der Waals surface area contributed by atoms with Gasteiger partial charge in [0.1, 0.15) is 0 Å². The molecule has 0 radical (unpaired) electrons. The van der Waals surface area contributed by atoms with Gasteiger partial charge in [-0.25, -0.2) is 0 Å². The van der Waals surface area contributed by atoms with Crippen LogP contribution in [0.25, 0.3) is 10.8 Å². The number of fused-ring (bicyclic) bond motifs is 1. The maximum absolute atomic E-state index is 12.2. The van der Waals surface area contributed by atoms with Gasteiger partial charge < -0.3 is 10.4 Å². The molecule has 5 nitrogen and oxygen atoms in total. The van der Waals surface area contributed by atoms with E-state index in [1.807, 2.05) is 44.2 Å². The predicted octanol–water partition coefficient (Wildman–Crippen LogP) is 3.24. The van der Waals surface area contributed by atoms with Crippen molar-refractivity contribution in [2.45, 2.75) is 26.3 Å². The first-order valence-electron chi connectivity index (χ1n) is 8.21. The third-order valence-electron chi connectivity index (χ3n) is 3.92. The quantitative estimate of drug-likeness (QED) is 0.754. The van der Waals surface area contributed by atoms with Gasteiger partial charge in [0.15, 0.2) is 0 Å². The number of carboxylic acids is 1. The predicted molar refractivity (Wildman–Crippen MR) is 102 cm³/mol. The van der Waals surface area contributed by atoms with Gasteiger partial charge in [-0.2, -0.15) is 0 Å². The standard InChI is InChI=1S/C19H24N2O3.ClH/c1-3-10-21(13-19(23)24)12-18(22)20-14(2)16-9-8-15-6-4-5-7-17(15)11-16;/h4-9,11,14H,3,10,12-13H2,1-2H3,(H,20,22)(H,23,24);1H. The second kappa shape index (κ2) is 10.0. The van der Waals surface area contributed by atoms with E-state index in [-0.39, 0.29) is 37.4 Å². The molecule has 2 aromatic rings. The zero-order valence-corrected chi connectivity index (χ0v) is 15.4. The molecule has 0 aliphatic carbocycles. The number of carbonyl (C=O) groups excluding carboxylic acids is 1. The van der Waals surface area contributed by atoms with Crippen molar-refractivity contribution in [2.24, 2.45) is 0 Å². The van der Waals surface area contributed by atoms with Gasteiger partial charge in [0.05, 0.1) is 19.1 Å². The van der Waals surface area contributed by atoms with Crippen LogP contribution in [0.3, 0.4) is 0 Å². The van der Waals surface area contributed by atoms with Crippen molar-refractivity contribution >= 4 is 35.1 Å². The minimum Gasteiger partial charge on any atom is -0.480 e. The van der Waals surface area contributed by atoms with E-state index in [1.54, 1.807) is 4.90 Å². The van der Waals surface area contributed by atoms with Crippen LogP contribution in [0.5, 0.6) is 0 Å². The number of nitrogens with zero attached hydrogens (tertiary/aromatic N) is 1. The van der Waals surface area contributed by atoms with E-state index in [4.69, 9.17) is 5.11 Å². The number of carboxylic acid groups (broad SMARTS) is 1. The highest BCUT2D eigenvalue weighted by Gasteiger charge is 2.15. The summed E-state index contributed by atoms with van der Waals surface area (Å²) in [6.45, 7) is 4.46. The summed E-state index contributed by atoms with van der Waals surface area (Å²) in [6, 6.07) is 14.1. The molecular weight excluding hydrogens is 340 g/mol. The van der Waals surface area contributed by atoms with Crippen LogP contribution >= 0.6 is 12.4 Å². The van der Waals surface area contributed by atoms with Crippen molar-refractivity contribution in [3.8, 4) is 0 Å². The third kappa shape index (κ3) is 6.36. The number of amides is 1. The number of carbonyl (C=O) groups is 2. The van der Waals surface area contributed by atoms with Crippen LogP contribution < -0.4 is 5.32 Å². The Labute approximate surface area is 154 Å². The zero-order valence-electron chi connectivity index (χ0n) is 14.6. The summed E-state index contributed by atoms with van der Waals surface area (Å²) in [5.41, 5.74) is 1.03. The number of benzene rings is 2. The lowest BCUT2D eigenvalue weighted by Gasteiger charge is -2.21. The molecular formula is C19H25ClN2O3. The Morgan fingerprint density at radius 1 is 1.12 bits per heavy atom. The molecule has 0 saturated heterocycles. The van der Waals surface area contributed by atoms with E-state index in [0.717, 1.165) is 22.8 Å². The Bertz CT molecular complexity index is 721. The lowest BCUT2D eigenvalue weighted by Crippen LogP contribution is -2.40. The molecule has 0 fully saturated rings. The van der Waals surface area contributed by atoms with Gasteiger partial charge in [-0.1, -0.05) is 43.3 Å². The fourth-order valence-electron chi connectivity index (χ4n) is 2.77.